The van der Waals surface area contributed by atoms with Crippen LogP contribution in [-0.2, 0) is 16.0 Å². The van der Waals surface area contributed by atoms with Crippen LogP contribution in [0.3, 0.4) is 0 Å². The molecule has 0 unspecified atom stereocenters. The molecule has 0 aliphatic carbocycles. The Morgan fingerprint density at radius 1 is 0.966 bits per heavy atom. The van der Waals surface area contributed by atoms with Crippen LogP contribution in [0.1, 0.15) is 17.5 Å². The number of aryl methyl sites for hydroxylation is 1. The maximum Gasteiger partial charge on any atom is 0.228 e. The molecule has 2 heterocycles. The van der Waals surface area contributed by atoms with Gasteiger partial charge >= 0.3 is 0 Å². The maximum absolute atomic E-state index is 13.0. The van der Waals surface area contributed by atoms with Gasteiger partial charge in [-0.25, -0.2) is 0 Å². The largest absolute Gasteiger partial charge is 0.368 e. The van der Waals surface area contributed by atoms with Crippen molar-refractivity contribution in [2.24, 2.45) is 5.92 Å². The normalized spacial score (nSPS) is 19.7. The highest BCUT2D eigenvalue weighted by Gasteiger charge is 2.37. The SMILES string of the molecule is Cc1ccccc1N1CCN(C(=O)[C@@H]2CC(=O)N(CCc3ccccc3)C2)CC1. The van der Waals surface area contributed by atoms with Gasteiger partial charge in [0.1, 0.15) is 0 Å². The molecule has 0 bridgehead atoms. The van der Waals surface area contributed by atoms with Crippen molar-refractivity contribution in [2.75, 3.05) is 44.2 Å². The van der Waals surface area contributed by atoms with Crippen molar-refractivity contribution in [3.63, 3.8) is 0 Å². The van der Waals surface area contributed by atoms with Gasteiger partial charge in [-0.1, -0.05) is 48.5 Å². The number of hydrogen-bond acceptors (Lipinski definition) is 3. The predicted octanol–water partition coefficient (Wildman–Crippen LogP) is 2.73. The second-order valence-corrected chi connectivity index (χ2v) is 8.08. The summed E-state index contributed by atoms with van der Waals surface area (Å²) in [4.78, 5) is 31.6. The number of benzene rings is 2. The van der Waals surface area contributed by atoms with Crippen molar-refractivity contribution >= 4 is 17.5 Å². The molecule has 2 aromatic carbocycles. The Morgan fingerprint density at radius 2 is 1.66 bits per heavy atom. The minimum atomic E-state index is -0.191. The summed E-state index contributed by atoms with van der Waals surface area (Å²) in [7, 11) is 0. The standard InChI is InChI=1S/C24H29N3O2/c1-19-7-5-6-10-22(19)25-13-15-26(16-14-25)24(29)21-17-23(28)27(18-21)12-11-20-8-3-2-4-9-20/h2-10,21H,11-18H2,1H3/t21-/m1/s1. The molecule has 5 nitrogen and oxygen atoms in total. The summed E-state index contributed by atoms with van der Waals surface area (Å²) in [5.41, 5.74) is 3.74. The van der Waals surface area contributed by atoms with Gasteiger partial charge in [0.25, 0.3) is 0 Å². The fourth-order valence-electron chi connectivity index (χ4n) is 4.41. The van der Waals surface area contributed by atoms with Crippen LogP contribution in [0.25, 0.3) is 0 Å². The van der Waals surface area contributed by atoms with Crippen molar-refractivity contribution in [3.8, 4) is 0 Å². The molecule has 2 amide bonds. The van der Waals surface area contributed by atoms with Crippen LogP contribution in [0.2, 0.25) is 0 Å². The van der Waals surface area contributed by atoms with E-state index in [2.05, 4.69) is 48.2 Å². The minimum absolute atomic E-state index is 0.109. The van der Waals surface area contributed by atoms with E-state index >= 15 is 0 Å². The first-order valence-corrected chi connectivity index (χ1v) is 10.5. The third kappa shape index (κ3) is 4.44. The van der Waals surface area contributed by atoms with Crippen LogP contribution >= 0.6 is 0 Å². The number of carbonyl (C=O) groups excluding carboxylic acids is 2. The lowest BCUT2D eigenvalue weighted by atomic mass is 10.1. The molecule has 0 N–H and O–H groups in total. The van der Waals surface area contributed by atoms with Crippen molar-refractivity contribution in [3.05, 3.63) is 65.7 Å². The molecule has 5 heteroatoms. The first-order valence-electron chi connectivity index (χ1n) is 10.5. The van der Waals surface area contributed by atoms with E-state index in [-0.39, 0.29) is 17.7 Å². The number of amides is 2. The number of carbonyl (C=O) groups is 2. The van der Waals surface area contributed by atoms with Gasteiger partial charge in [0.05, 0.1) is 5.92 Å². The Balaban J connectivity index is 1.29. The van der Waals surface area contributed by atoms with E-state index in [1.54, 1.807) is 0 Å². The van der Waals surface area contributed by atoms with Crippen LogP contribution < -0.4 is 4.90 Å². The van der Waals surface area contributed by atoms with Gasteiger partial charge in [-0.2, -0.15) is 0 Å². The van der Waals surface area contributed by atoms with E-state index in [4.69, 9.17) is 0 Å². The first-order chi connectivity index (χ1) is 14.1. The van der Waals surface area contributed by atoms with Gasteiger partial charge in [-0.3, -0.25) is 9.59 Å². The van der Waals surface area contributed by atoms with Crippen LogP contribution in [0, 0.1) is 12.8 Å². The molecule has 29 heavy (non-hydrogen) atoms. The first kappa shape index (κ1) is 19.5. The molecule has 2 saturated heterocycles. The molecule has 2 aliphatic rings. The lowest BCUT2D eigenvalue weighted by Crippen LogP contribution is -2.50. The number of likely N-dealkylation sites (tertiary alicyclic amines) is 1. The quantitative estimate of drug-likeness (QED) is 0.787. The number of hydrogen-bond donors (Lipinski definition) is 0. The molecule has 4 rings (SSSR count). The molecule has 0 aromatic heterocycles. The summed E-state index contributed by atoms with van der Waals surface area (Å²) in [5, 5.41) is 0. The molecule has 2 aromatic rings. The van der Waals surface area contributed by atoms with Crippen LogP contribution in [0.5, 0.6) is 0 Å². The van der Waals surface area contributed by atoms with E-state index in [0.29, 0.717) is 19.5 Å². The molecule has 2 aliphatic heterocycles. The molecule has 0 saturated carbocycles. The van der Waals surface area contributed by atoms with Gasteiger partial charge in [0.2, 0.25) is 11.8 Å². The molecule has 1 atom stereocenters. The highest BCUT2D eigenvalue weighted by Crippen LogP contribution is 2.24. The second-order valence-electron chi connectivity index (χ2n) is 8.08. The van der Waals surface area contributed by atoms with Crippen molar-refractivity contribution in [1.82, 2.24) is 9.80 Å². The lowest BCUT2D eigenvalue weighted by molar-refractivity contribution is -0.136. The van der Waals surface area contributed by atoms with Crippen LogP contribution in [-0.4, -0.2) is 60.9 Å². The Labute approximate surface area is 172 Å². The topological polar surface area (TPSA) is 43.9 Å². The average molecular weight is 392 g/mol. The van der Waals surface area contributed by atoms with Gasteiger partial charge in [0.15, 0.2) is 0 Å². The Morgan fingerprint density at radius 3 is 2.38 bits per heavy atom. The van der Waals surface area contributed by atoms with Crippen molar-refractivity contribution in [1.29, 1.82) is 0 Å². The molecule has 0 radical (unpaired) electrons. The predicted molar refractivity (Wildman–Crippen MR) is 115 cm³/mol. The molecule has 0 spiro atoms. The zero-order valence-corrected chi connectivity index (χ0v) is 17.1. The number of para-hydroxylation sites is 1. The summed E-state index contributed by atoms with van der Waals surface area (Å²) in [6.45, 7) is 6.50. The summed E-state index contributed by atoms with van der Waals surface area (Å²) in [6.07, 6.45) is 1.19. The van der Waals surface area contributed by atoms with Gasteiger partial charge in [-0.05, 0) is 30.5 Å². The smallest absolute Gasteiger partial charge is 0.228 e. The van der Waals surface area contributed by atoms with Gasteiger partial charge in [0, 0.05) is 51.4 Å². The van der Waals surface area contributed by atoms with E-state index in [0.717, 1.165) is 32.6 Å². The molecule has 2 fully saturated rings. The van der Waals surface area contributed by atoms with E-state index in [1.807, 2.05) is 28.0 Å². The van der Waals surface area contributed by atoms with Crippen LogP contribution in [0.15, 0.2) is 54.6 Å². The average Bonchev–Trinajstić information content (AvgIpc) is 3.13. The fourth-order valence-corrected chi connectivity index (χ4v) is 4.41. The third-order valence-electron chi connectivity index (χ3n) is 6.12. The highest BCUT2D eigenvalue weighted by molar-refractivity contribution is 5.89. The molecular formula is C24H29N3O2. The second kappa shape index (κ2) is 8.68. The summed E-state index contributed by atoms with van der Waals surface area (Å²) >= 11 is 0. The summed E-state index contributed by atoms with van der Waals surface area (Å²) < 4.78 is 0. The van der Waals surface area contributed by atoms with E-state index in [1.165, 1.54) is 16.8 Å². The van der Waals surface area contributed by atoms with Crippen molar-refractivity contribution < 1.29 is 9.59 Å². The van der Waals surface area contributed by atoms with Gasteiger partial charge in [-0.15, -0.1) is 0 Å². The lowest BCUT2D eigenvalue weighted by Gasteiger charge is -2.37. The molecule has 152 valence electrons. The Hall–Kier alpha value is -2.82. The zero-order chi connectivity index (χ0) is 20.2. The Bertz CT molecular complexity index is 859. The van der Waals surface area contributed by atoms with Crippen LogP contribution in [0.4, 0.5) is 5.69 Å². The Kier molecular flexibility index (Phi) is 5.84. The summed E-state index contributed by atoms with van der Waals surface area (Å²) in [5.74, 6) is 0.0612. The number of anilines is 1. The summed E-state index contributed by atoms with van der Waals surface area (Å²) in [6, 6.07) is 18.6. The van der Waals surface area contributed by atoms with E-state index < -0.39 is 0 Å². The zero-order valence-electron chi connectivity index (χ0n) is 17.1. The number of piperazine rings is 1. The van der Waals surface area contributed by atoms with Crippen molar-refractivity contribution in [2.45, 2.75) is 19.8 Å². The highest BCUT2D eigenvalue weighted by atomic mass is 16.2. The molecular weight excluding hydrogens is 362 g/mol. The number of nitrogens with zero attached hydrogens (tertiary/aromatic N) is 3. The third-order valence-corrected chi connectivity index (χ3v) is 6.12. The number of rotatable bonds is 5. The monoisotopic (exact) mass is 391 g/mol. The van der Waals surface area contributed by atoms with E-state index in [9.17, 15) is 9.59 Å². The minimum Gasteiger partial charge on any atom is -0.368 e. The van der Waals surface area contributed by atoms with Gasteiger partial charge < -0.3 is 14.7 Å². The maximum atomic E-state index is 13.0. The fraction of sp³-hybridized carbons (Fsp3) is 0.417.